The van der Waals surface area contributed by atoms with E-state index in [1.165, 1.54) is 0 Å². The highest BCUT2D eigenvalue weighted by Crippen LogP contribution is 2.25. The minimum Gasteiger partial charge on any atom is -0.312 e. The Morgan fingerprint density at radius 3 is 3.05 bits per heavy atom. The maximum atomic E-state index is 4.59. The standard InChI is InChI=1S/C12H11N5S2/c1-17-8-14-16-12(17)19-7-9-6-18-11(15-9)10-4-2-3-5-13-10/h2-6,8H,7H2,1H3. The van der Waals surface area contributed by atoms with Crippen LogP contribution in [0.5, 0.6) is 0 Å². The zero-order valence-electron chi connectivity index (χ0n) is 10.2. The van der Waals surface area contributed by atoms with E-state index in [1.807, 2.05) is 29.8 Å². The van der Waals surface area contributed by atoms with Gasteiger partial charge in [0.1, 0.15) is 11.3 Å². The molecule has 0 amide bonds. The normalized spacial score (nSPS) is 10.8. The van der Waals surface area contributed by atoms with Crippen LogP contribution in [0.25, 0.3) is 10.7 Å². The molecule has 0 aliphatic heterocycles. The van der Waals surface area contributed by atoms with Gasteiger partial charge in [-0.05, 0) is 12.1 Å². The Morgan fingerprint density at radius 2 is 2.32 bits per heavy atom. The largest absolute Gasteiger partial charge is 0.312 e. The lowest BCUT2D eigenvalue weighted by Crippen LogP contribution is -1.90. The minimum absolute atomic E-state index is 0.788. The van der Waals surface area contributed by atoms with Crippen LogP contribution in [0.3, 0.4) is 0 Å². The molecule has 96 valence electrons. The van der Waals surface area contributed by atoms with Crippen LogP contribution in [-0.2, 0) is 12.8 Å². The first kappa shape index (κ1) is 12.3. The van der Waals surface area contributed by atoms with Gasteiger partial charge in [-0.2, -0.15) is 0 Å². The maximum Gasteiger partial charge on any atom is 0.191 e. The van der Waals surface area contributed by atoms with E-state index in [0.29, 0.717) is 0 Å². The predicted molar refractivity (Wildman–Crippen MR) is 75.9 cm³/mol. The van der Waals surface area contributed by atoms with Crippen LogP contribution in [-0.4, -0.2) is 24.7 Å². The van der Waals surface area contributed by atoms with Gasteiger partial charge in [0.2, 0.25) is 0 Å². The summed E-state index contributed by atoms with van der Waals surface area (Å²) in [6, 6.07) is 5.85. The Kier molecular flexibility index (Phi) is 3.56. The molecule has 19 heavy (non-hydrogen) atoms. The highest BCUT2D eigenvalue weighted by molar-refractivity contribution is 7.98. The van der Waals surface area contributed by atoms with Gasteiger partial charge in [-0.3, -0.25) is 4.98 Å². The molecule has 3 aromatic heterocycles. The van der Waals surface area contributed by atoms with Crippen molar-refractivity contribution in [1.82, 2.24) is 24.7 Å². The first-order valence-electron chi connectivity index (χ1n) is 5.65. The highest BCUT2D eigenvalue weighted by atomic mass is 32.2. The third-order valence-corrected chi connectivity index (χ3v) is 4.44. The summed E-state index contributed by atoms with van der Waals surface area (Å²) >= 11 is 3.24. The second-order valence-electron chi connectivity index (χ2n) is 3.87. The molecule has 0 saturated carbocycles. The van der Waals surface area contributed by atoms with Crippen molar-refractivity contribution in [2.75, 3.05) is 0 Å². The summed E-state index contributed by atoms with van der Waals surface area (Å²) < 4.78 is 1.90. The fourth-order valence-electron chi connectivity index (χ4n) is 1.52. The van der Waals surface area contributed by atoms with E-state index in [0.717, 1.165) is 27.3 Å². The number of hydrogen-bond acceptors (Lipinski definition) is 6. The Hall–Kier alpha value is -1.73. The number of thiazole rings is 1. The van der Waals surface area contributed by atoms with Crippen LogP contribution in [0.4, 0.5) is 0 Å². The number of aromatic nitrogens is 5. The molecule has 0 bridgehead atoms. The van der Waals surface area contributed by atoms with Crippen LogP contribution < -0.4 is 0 Å². The number of nitrogens with zero attached hydrogens (tertiary/aromatic N) is 5. The van der Waals surface area contributed by atoms with Gasteiger partial charge in [-0.15, -0.1) is 21.5 Å². The third-order valence-electron chi connectivity index (χ3n) is 2.45. The van der Waals surface area contributed by atoms with Gasteiger partial charge in [0.05, 0.1) is 11.4 Å². The summed E-state index contributed by atoms with van der Waals surface area (Å²) in [5.74, 6) is 0.788. The average Bonchev–Trinajstić information content (AvgIpc) is 3.06. The van der Waals surface area contributed by atoms with Crippen molar-refractivity contribution < 1.29 is 0 Å². The molecule has 3 rings (SSSR count). The molecule has 0 aliphatic carbocycles. The summed E-state index contributed by atoms with van der Waals surface area (Å²) in [6.45, 7) is 0. The fourth-order valence-corrected chi connectivity index (χ4v) is 3.20. The van der Waals surface area contributed by atoms with Gasteiger partial charge in [-0.1, -0.05) is 17.8 Å². The van der Waals surface area contributed by atoms with Gasteiger partial charge in [0.25, 0.3) is 0 Å². The molecule has 0 radical (unpaired) electrons. The smallest absolute Gasteiger partial charge is 0.191 e. The summed E-state index contributed by atoms with van der Waals surface area (Å²) in [6.07, 6.45) is 3.48. The van der Waals surface area contributed by atoms with Gasteiger partial charge in [0, 0.05) is 24.4 Å². The van der Waals surface area contributed by atoms with Crippen LogP contribution in [0.1, 0.15) is 5.69 Å². The lowest BCUT2D eigenvalue weighted by atomic mass is 10.4. The molecule has 3 aromatic rings. The van der Waals surface area contributed by atoms with Crippen molar-refractivity contribution >= 4 is 23.1 Å². The van der Waals surface area contributed by atoms with Crippen LogP contribution in [0.2, 0.25) is 0 Å². The lowest BCUT2D eigenvalue weighted by Gasteiger charge is -1.97. The number of rotatable bonds is 4. The van der Waals surface area contributed by atoms with E-state index in [1.54, 1.807) is 35.6 Å². The molecular weight excluding hydrogens is 278 g/mol. The van der Waals surface area contributed by atoms with Gasteiger partial charge >= 0.3 is 0 Å². The summed E-state index contributed by atoms with van der Waals surface area (Å²) in [5, 5.41) is 11.8. The number of aryl methyl sites for hydroxylation is 1. The second-order valence-corrected chi connectivity index (χ2v) is 5.67. The molecule has 0 saturated heterocycles. The molecule has 0 aromatic carbocycles. The van der Waals surface area contributed by atoms with Crippen LogP contribution in [0, 0.1) is 0 Å². The zero-order valence-corrected chi connectivity index (χ0v) is 11.9. The topological polar surface area (TPSA) is 56.5 Å². The maximum absolute atomic E-state index is 4.59. The summed E-state index contributed by atoms with van der Waals surface area (Å²) in [5.41, 5.74) is 1.96. The third kappa shape index (κ3) is 2.82. The number of thioether (sulfide) groups is 1. The van der Waals surface area contributed by atoms with Crippen LogP contribution >= 0.6 is 23.1 Å². The summed E-state index contributed by atoms with van der Waals surface area (Å²) in [7, 11) is 1.93. The van der Waals surface area contributed by atoms with Gasteiger partial charge in [0.15, 0.2) is 5.16 Å². The van der Waals surface area contributed by atoms with Gasteiger partial charge in [-0.25, -0.2) is 4.98 Å². The quantitative estimate of drug-likeness (QED) is 0.691. The number of hydrogen-bond donors (Lipinski definition) is 0. The SMILES string of the molecule is Cn1cnnc1SCc1csc(-c2ccccn2)n1. The van der Waals surface area contributed by atoms with Crippen molar-refractivity contribution in [3.63, 3.8) is 0 Å². The lowest BCUT2D eigenvalue weighted by molar-refractivity contribution is 0.788. The van der Waals surface area contributed by atoms with E-state index >= 15 is 0 Å². The zero-order chi connectivity index (χ0) is 13.1. The minimum atomic E-state index is 0.788. The first-order valence-corrected chi connectivity index (χ1v) is 7.52. The highest BCUT2D eigenvalue weighted by Gasteiger charge is 2.07. The molecular formula is C12H11N5S2. The molecule has 0 unspecified atom stereocenters. The number of pyridine rings is 1. The van der Waals surface area contributed by atoms with Crippen LogP contribution in [0.15, 0.2) is 41.3 Å². The Bertz CT molecular complexity index is 662. The predicted octanol–water partition coefficient (Wildman–Crippen LogP) is 2.63. The Labute approximate surface area is 118 Å². The first-order chi connectivity index (χ1) is 9.33. The monoisotopic (exact) mass is 289 g/mol. The second kappa shape index (κ2) is 5.50. The van der Waals surface area contributed by atoms with E-state index in [9.17, 15) is 0 Å². The Morgan fingerprint density at radius 1 is 1.37 bits per heavy atom. The van der Waals surface area contributed by atoms with E-state index in [-0.39, 0.29) is 0 Å². The molecule has 0 fully saturated rings. The van der Waals surface area contributed by atoms with Crippen molar-refractivity contribution in [3.8, 4) is 10.7 Å². The fraction of sp³-hybridized carbons (Fsp3) is 0.167. The van der Waals surface area contributed by atoms with E-state index in [2.05, 4.69) is 25.5 Å². The molecule has 3 heterocycles. The molecule has 0 atom stereocenters. The molecule has 5 nitrogen and oxygen atoms in total. The molecule has 0 spiro atoms. The van der Waals surface area contributed by atoms with Gasteiger partial charge < -0.3 is 4.57 Å². The van der Waals surface area contributed by atoms with Crippen molar-refractivity contribution in [2.24, 2.45) is 7.05 Å². The molecule has 7 heteroatoms. The van der Waals surface area contributed by atoms with Crippen molar-refractivity contribution in [2.45, 2.75) is 10.9 Å². The Balaban J connectivity index is 1.70. The molecule has 0 aliphatic rings. The van der Waals surface area contributed by atoms with Crippen molar-refractivity contribution in [1.29, 1.82) is 0 Å². The van der Waals surface area contributed by atoms with E-state index in [4.69, 9.17) is 0 Å². The van der Waals surface area contributed by atoms with E-state index < -0.39 is 0 Å². The average molecular weight is 289 g/mol. The molecule has 0 N–H and O–H groups in total. The summed E-state index contributed by atoms with van der Waals surface area (Å²) in [4.78, 5) is 8.89. The van der Waals surface area contributed by atoms with Crippen molar-refractivity contribution in [3.05, 3.63) is 41.8 Å².